The number of nitrogens with zero attached hydrogens (tertiary/aromatic N) is 1. The molecule has 0 aromatic carbocycles. The van der Waals surface area contributed by atoms with Crippen LogP contribution in [0, 0.1) is 0 Å². The Bertz CT molecular complexity index is 414. The van der Waals surface area contributed by atoms with E-state index in [0.29, 0.717) is 6.29 Å². The lowest BCUT2D eigenvalue weighted by molar-refractivity contribution is 0.112. The number of rotatable bonds is 3. The molecular formula is C7H8N2O3S. The Morgan fingerprint density at radius 1 is 1.54 bits per heavy atom. The first kappa shape index (κ1) is 9.66. The fourth-order valence-electron chi connectivity index (χ4n) is 0.774. The fourth-order valence-corrected chi connectivity index (χ4v) is 1.30. The molecular weight excluding hydrogens is 192 g/mol. The molecule has 0 aliphatic carbocycles. The zero-order chi connectivity index (χ0) is 9.90. The van der Waals surface area contributed by atoms with E-state index in [-0.39, 0.29) is 11.4 Å². The largest absolute Gasteiger partial charge is 0.298 e. The Labute approximate surface area is 75.9 Å². The van der Waals surface area contributed by atoms with Crippen molar-refractivity contribution < 1.29 is 13.2 Å². The third-order valence-corrected chi connectivity index (χ3v) is 1.81. The van der Waals surface area contributed by atoms with E-state index >= 15 is 0 Å². The minimum Gasteiger partial charge on any atom is -0.298 e. The van der Waals surface area contributed by atoms with E-state index in [1.807, 2.05) is 0 Å². The van der Waals surface area contributed by atoms with E-state index in [1.165, 1.54) is 12.3 Å². The van der Waals surface area contributed by atoms with Gasteiger partial charge >= 0.3 is 0 Å². The smallest absolute Gasteiger partial charge is 0.230 e. The first-order chi connectivity index (χ1) is 6.03. The summed E-state index contributed by atoms with van der Waals surface area (Å²) in [4.78, 5) is 14.2. The second-order valence-electron chi connectivity index (χ2n) is 2.43. The number of sulfonamides is 1. The maximum atomic E-state index is 10.8. The molecule has 0 aliphatic heterocycles. The molecule has 0 bridgehead atoms. The summed E-state index contributed by atoms with van der Waals surface area (Å²) in [5.74, 6) is 0.0556. The van der Waals surface area contributed by atoms with E-state index in [1.54, 1.807) is 6.07 Å². The van der Waals surface area contributed by atoms with Crippen molar-refractivity contribution in [3.05, 3.63) is 23.9 Å². The molecule has 6 heteroatoms. The maximum Gasteiger partial charge on any atom is 0.230 e. The number of aromatic nitrogens is 1. The Morgan fingerprint density at radius 3 is 2.77 bits per heavy atom. The number of nitrogens with one attached hydrogen (secondary N) is 1. The van der Waals surface area contributed by atoms with Gasteiger partial charge in [0, 0.05) is 6.20 Å². The molecule has 1 aromatic rings. The SMILES string of the molecule is CS(=O)(=O)Nc1ncccc1C=O. The van der Waals surface area contributed by atoms with Gasteiger partial charge in [0.05, 0.1) is 11.8 Å². The molecule has 1 N–H and O–H groups in total. The molecule has 0 saturated carbocycles. The number of carbonyl (C=O) groups is 1. The third-order valence-electron chi connectivity index (χ3n) is 1.25. The summed E-state index contributed by atoms with van der Waals surface area (Å²) in [5, 5.41) is 0. The molecule has 13 heavy (non-hydrogen) atoms. The lowest BCUT2D eigenvalue weighted by Crippen LogP contribution is -2.12. The Morgan fingerprint density at radius 2 is 2.23 bits per heavy atom. The van der Waals surface area contributed by atoms with Gasteiger partial charge in [0.1, 0.15) is 5.82 Å². The molecule has 0 atom stereocenters. The van der Waals surface area contributed by atoms with Gasteiger partial charge in [-0.2, -0.15) is 0 Å². The van der Waals surface area contributed by atoms with Gasteiger partial charge < -0.3 is 0 Å². The van der Waals surface area contributed by atoms with E-state index in [0.717, 1.165) is 6.26 Å². The average molecular weight is 200 g/mol. The van der Waals surface area contributed by atoms with Crippen LogP contribution < -0.4 is 4.72 Å². The molecule has 1 rings (SSSR count). The molecule has 0 aliphatic rings. The van der Waals surface area contributed by atoms with Crippen LogP contribution in [0.5, 0.6) is 0 Å². The molecule has 5 nitrogen and oxygen atoms in total. The summed E-state index contributed by atoms with van der Waals surface area (Å²) in [6.07, 6.45) is 2.94. The molecule has 1 aromatic heterocycles. The van der Waals surface area contributed by atoms with Gasteiger partial charge in [-0.25, -0.2) is 13.4 Å². The predicted octanol–water partition coefficient (Wildman–Crippen LogP) is 0.266. The maximum absolute atomic E-state index is 10.8. The van der Waals surface area contributed by atoms with Crippen LogP contribution in [0.25, 0.3) is 0 Å². The van der Waals surface area contributed by atoms with Gasteiger partial charge in [-0.05, 0) is 12.1 Å². The molecule has 70 valence electrons. The van der Waals surface area contributed by atoms with Crippen LogP contribution >= 0.6 is 0 Å². The van der Waals surface area contributed by atoms with E-state index in [4.69, 9.17) is 0 Å². The molecule has 0 saturated heterocycles. The van der Waals surface area contributed by atoms with Crippen LogP contribution in [0.15, 0.2) is 18.3 Å². The summed E-state index contributed by atoms with van der Waals surface area (Å²) < 4.78 is 23.7. The lowest BCUT2D eigenvalue weighted by atomic mass is 10.3. The summed E-state index contributed by atoms with van der Waals surface area (Å²) in [6, 6.07) is 3.03. The molecule has 0 unspecified atom stereocenters. The van der Waals surface area contributed by atoms with Crippen LogP contribution in [-0.4, -0.2) is 25.9 Å². The molecule has 0 fully saturated rings. The number of anilines is 1. The van der Waals surface area contributed by atoms with E-state index in [2.05, 4.69) is 9.71 Å². The predicted molar refractivity (Wildman–Crippen MR) is 48.1 cm³/mol. The van der Waals surface area contributed by atoms with Crippen LogP contribution in [-0.2, 0) is 10.0 Å². The number of hydrogen-bond donors (Lipinski definition) is 1. The highest BCUT2D eigenvalue weighted by Gasteiger charge is 2.06. The van der Waals surface area contributed by atoms with Crippen molar-refractivity contribution in [1.29, 1.82) is 0 Å². The molecule has 0 amide bonds. The van der Waals surface area contributed by atoms with Gasteiger partial charge in [0.25, 0.3) is 0 Å². The van der Waals surface area contributed by atoms with Crippen molar-refractivity contribution in [3.63, 3.8) is 0 Å². The fraction of sp³-hybridized carbons (Fsp3) is 0.143. The summed E-state index contributed by atoms with van der Waals surface area (Å²) in [6.45, 7) is 0. The lowest BCUT2D eigenvalue weighted by Gasteiger charge is -2.03. The van der Waals surface area contributed by atoms with E-state index < -0.39 is 10.0 Å². The highest BCUT2D eigenvalue weighted by atomic mass is 32.2. The van der Waals surface area contributed by atoms with Crippen LogP contribution in [0.4, 0.5) is 5.82 Å². The first-order valence-corrected chi connectivity index (χ1v) is 5.30. The van der Waals surface area contributed by atoms with Crippen LogP contribution in [0.1, 0.15) is 10.4 Å². The van der Waals surface area contributed by atoms with Crippen molar-refractivity contribution in [3.8, 4) is 0 Å². The standard InChI is InChI=1S/C7H8N2O3S/c1-13(11,12)9-7-6(5-10)3-2-4-8-7/h2-5H,1H3,(H,8,9). The molecule has 0 spiro atoms. The topological polar surface area (TPSA) is 76.1 Å². The third kappa shape index (κ3) is 2.83. The van der Waals surface area contributed by atoms with Gasteiger partial charge in [-0.1, -0.05) is 0 Å². The number of pyridine rings is 1. The zero-order valence-corrected chi connectivity index (χ0v) is 7.71. The van der Waals surface area contributed by atoms with Crippen molar-refractivity contribution in [2.75, 3.05) is 11.0 Å². The monoisotopic (exact) mass is 200 g/mol. The minimum absolute atomic E-state index is 0.0556. The highest BCUT2D eigenvalue weighted by molar-refractivity contribution is 7.92. The van der Waals surface area contributed by atoms with Crippen molar-refractivity contribution in [1.82, 2.24) is 4.98 Å². The van der Waals surface area contributed by atoms with Gasteiger partial charge in [-0.3, -0.25) is 9.52 Å². The zero-order valence-electron chi connectivity index (χ0n) is 6.89. The van der Waals surface area contributed by atoms with Crippen molar-refractivity contribution in [2.45, 2.75) is 0 Å². The molecule has 0 radical (unpaired) electrons. The number of carbonyl (C=O) groups excluding carboxylic acids is 1. The Kier molecular flexibility index (Phi) is 2.62. The van der Waals surface area contributed by atoms with Gasteiger partial charge in [0.15, 0.2) is 6.29 Å². The van der Waals surface area contributed by atoms with Crippen molar-refractivity contribution in [2.24, 2.45) is 0 Å². The molecule has 1 heterocycles. The number of hydrogen-bond acceptors (Lipinski definition) is 4. The van der Waals surface area contributed by atoms with Gasteiger partial charge in [-0.15, -0.1) is 0 Å². The van der Waals surface area contributed by atoms with Gasteiger partial charge in [0.2, 0.25) is 10.0 Å². The summed E-state index contributed by atoms with van der Waals surface area (Å²) in [7, 11) is -3.38. The minimum atomic E-state index is -3.38. The van der Waals surface area contributed by atoms with E-state index in [9.17, 15) is 13.2 Å². The van der Waals surface area contributed by atoms with Crippen LogP contribution in [0.2, 0.25) is 0 Å². The number of aldehydes is 1. The second-order valence-corrected chi connectivity index (χ2v) is 4.18. The second kappa shape index (κ2) is 3.53. The Balaban J connectivity index is 3.08. The summed E-state index contributed by atoms with van der Waals surface area (Å²) >= 11 is 0. The normalized spacial score (nSPS) is 10.8. The van der Waals surface area contributed by atoms with Crippen molar-refractivity contribution >= 4 is 22.1 Å². The highest BCUT2D eigenvalue weighted by Crippen LogP contribution is 2.09. The Hall–Kier alpha value is -1.43. The first-order valence-electron chi connectivity index (χ1n) is 3.41. The summed E-state index contributed by atoms with van der Waals surface area (Å²) in [5.41, 5.74) is 0.216. The quantitative estimate of drug-likeness (QED) is 0.710. The average Bonchev–Trinajstić information content (AvgIpc) is 2.02. The van der Waals surface area contributed by atoms with Crippen LogP contribution in [0.3, 0.4) is 0 Å².